The van der Waals surface area contributed by atoms with Crippen LogP contribution in [0.3, 0.4) is 0 Å². The maximum absolute atomic E-state index is 11.7. The smallest absolute Gasteiger partial charge is 0.250 e. The fraction of sp³-hybridized carbons (Fsp3) is 0.118. The van der Waals surface area contributed by atoms with Gasteiger partial charge in [-0.05, 0) is 32.0 Å². The second kappa shape index (κ2) is 5.44. The van der Waals surface area contributed by atoms with Gasteiger partial charge in [-0.25, -0.2) is 9.67 Å². The Hall–Kier alpha value is -2.95. The lowest BCUT2D eigenvalue weighted by atomic mass is 10.2. The van der Waals surface area contributed by atoms with Gasteiger partial charge in [0.15, 0.2) is 5.65 Å². The summed E-state index contributed by atoms with van der Waals surface area (Å²) < 4.78 is 1.80. The SMILES string of the molecule is C=C(C)C(=O)Nc1cnc2c(c1)c(C)nn2-c1ccccc1. The molecule has 0 atom stereocenters. The number of pyridine rings is 1. The largest absolute Gasteiger partial charge is 0.321 e. The number of para-hydroxylation sites is 1. The second-order valence-corrected chi connectivity index (χ2v) is 5.16. The Morgan fingerprint density at radius 3 is 2.68 bits per heavy atom. The van der Waals surface area contributed by atoms with E-state index in [9.17, 15) is 4.79 Å². The summed E-state index contributed by atoms with van der Waals surface area (Å²) in [6.07, 6.45) is 1.63. The number of hydrogen-bond donors (Lipinski definition) is 1. The Labute approximate surface area is 128 Å². The van der Waals surface area contributed by atoms with Crippen molar-refractivity contribution in [2.45, 2.75) is 13.8 Å². The molecule has 2 heterocycles. The Morgan fingerprint density at radius 1 is 1.27 bits per heavy atom. The highest BCUT2D eigenvalue weighted by atomic mass is 16.1. The fourth-order valence-corrected chi connectivity index (χ4v) is 2.20. The lowest BCUT2D eigenvalue weighted by Gasteiger charge is -2.05. The molecule has 0 fully saturated rings. The van der Waals surface area contributed by atoms with Crippen molar-refractivity contribution >= 4 is 22.6 Å². The number of aryl methyl sites for hydroxylation is 1. The van der Waals surface area contributed by atoms with Gasteiger partial charge in [-0.3, -0.25) is 4.79 Å². The van der Waals surface area contributed by atoms with Crippen molar-refractivity contribution in [2.24, 2.45) is 0 Å². The number of fused-ring (bicyclic) bond motifs is 1. The van der Waals surface area contributed by atoms with Gasteiger partial charge in [-0.2, -0.15) is 5.10 Å². The highest BCUT2D eigenvalue weighted by Gasteiger charge is 2.12. The van der Waals surface area contributed by atoms with Crippen LogP contribution in [0.15, 0.2) is 54.7 Å². The van der Waals surface area contributed by atoms with Crippen LogP contribution < -0.4 is 5.32 Å². The molecule has 1 aromatic carbocycles. The maximum atomic E-state index is 11.7. The molecule has 0 bridgehead atoms. The van der Waals surface area contributed by atoms with Gasteiger partial charge < -0.3 is 5.32 Å². The number of benzene rings is 1. The predicted molar refractivity (Wildman–Crippen MR) is 87.0 cm³/mol. The first-order chi connectivity index (χ1) is 10.6. The molecule has 5 nitrogen and oxygen atoms in total. The van der Waals surface area contributed by atoms with Crippen molar-refractivity contribution in [3.05, 3.63) is 60.4 Å². The number of amides is 1. The van der Waals surface area contributed by atoms with E-state index in [0.717, 1.165) is 22.4 Å². The lowest BCUT2D eigenvalue weighted by Crippen LogP contribution is -2.11. The van der Waals surface area contributed by atoms with Gasteiger partial charge in [0.05, 0.1) is 23.3 Å². The quantitative estimate of drug-likeness (QED) is 0.754. The first kappa shape index (κ1) is 14.0. The van der Waals surface area contributed by atoms with Gasteiger partial charge in [0.1, 0.15) is 0 Å². The van der Waals surface area contributed by atoms with Crippen LogP contribution in [-0.2, 0) is 4.79 Å². The van der Waals surface area contributed by atoms with Crippen molar-refractivity contribution in [2.75, 3.05) is 5.32 Å². The number of anilines is 1. The van der Waals surface area contributed by atoms with Gasteiger partial charge >= 0.3 is 0 Å². The minimum atomic E-state index is -0.214. The molecule has 3 aromatic rings. The van der Waals surface area contributed by atoms with Crippen LogP contribution in [0.4, 0.5) is 5.69 Å². The van der Waals surface area contributed by atoms with Crippen LogP contribution in [-0.4, -0.2) is 20.7 Å². The summed E-state index contributed by atoms with van der Waals surface area (Å²) in [5.41, 5.74) is 3.66. The monoisotopic (exact) mass is 292 g/mol. The van der Waals surface area contributed by atoms with Gasteiger partial charge in [0.2, 0.25) is 0 Å². The first-order valence-electron chi connectivity index (χ1n) is 6.94. The molecule has 0 radical (unpaired) electrons. The molecular weight excluding hydrogens is 276 g/mol. The van der Waals surface area contributed by atoms with E-state index in [2.05, 4.69) is 22.0 Å². The molecule has 0 saturated carbocycles. The topological polar surface area (TPSA) is 59.8 Å². The van der Waals surface area contributed by atoms with Crippen molar-refractivity contribution in [3.8, 4) is 5.69 Å². The molecule has 22 heavy (non-hydrogen) atoms. The van der Waals surface area contributed by atoms with E-state index < -0.39 is 0 Å². The minimum absolute atomic E-state index is 0.214. The molecule has 0 unspecified atom stereocenters. The Bertz CT molecular complexity index is 865. The highest BCUT2D eigenvalue weighted by molar-refractivity contribution is 6.03. The number of nitrogens with zero attached hydrogens (tertiary/aromatic N) is 3. The molecule has 110 valence electrons. The third-order valence-electron chi connectivity index (χ3n) is 3.35. The van der Waals surface area contributed by atoms with Crippen molar-refractivity contribution in [1.29, 1.82) is 0 Å². The van der Waals surface area contributed by atoms with E-state index in [0.29, 0.717) is 11.3 Å². The van der Waals surface area contributed by atoms with E-state index in [1.807, 2.05) is 43.3 Å². The zero-order valence-corrected chi connectivity index (χ0v) is 12.5. The van der Waals surface area contributed by atoms with Crippen molar-refractivity contribution < 1.29 is 4.79 Å². The molecule has 0 aliphatic heterocycles. The summed E-state index contributed by atoms with van der Waals surface area (Å²) in [6, 6.07) is 11.7. The van der Waals surface area contributed by atoms with E-state index in [4.69, 9.17) is 0 Å². The number of rotatable bonds is 3. The predicted octanol–water partition coefficient (Wildman–Crippen LogP) is 3.24. The third kappa shape index (κ3) is 2.48. The van der Waals surface area contributed by atoms with Crippen molar-refractivity contribution in [1.82, 2.24) is 14.8 Å². The van der Waals surface area contributed by atoms with Crippen LogP contribution in [0.2, 0.25) is 0 Å². The average molecular weight is 292 g/mol. The van der Waals surface area contributed by atoms with Gasteiger partial charge in [0, 0.05) is 11.0 Å². The van der Waals surface area contributed by atoms with Crippen molar-refractivity contribution in [3.63, 3.8) is 0 Å². The maximum Gasteiger partial charge on any atom is 0.250 e. The molecule has 3 rings (SSSR count). The molecule has 0 spiro atoms. The van der Waals surface area contributed by atoms with Crippen LogP contribution in [0.5, 0.6) is 0 Å². The fourth-order valence-electron chi connectivity index (χ4n) is 2.20. The summed E-state index contributed by atoms with van der Waals surface area (Å²) in [5.74, 6) is -0.214. The van der Waals surface area contributed by atoms with Gasteiger partial charge in [0.25, 0.3) is 5.91 Å². The standard InChI is InChI=1S/C17H16N4O/c1-11(2)17(22)19-13-9-15-12(3)20-21(16(15)18-10-13)14-7-5-4-6-8-14/h4-10H,1H2,2-3H3,(H,19,22). The Morgan fingerprint density at radius 2 is 2.00 bits per heavy atom. The van der Waals surface area contributed by atoms with E-state index in [1.54, 1.807) is 17.8 Å². The summed E-state index contributed by atoms with van der Waals surface area (Å²) in [6.45, 7) is 7.22. The summed E-state index contributed by atoms with van der Waals surface area (Å²) >= 11 is 0. The summed E-state index contributed by atoms with van der Waals surface area (Å²) in [7, 11) is 0. The Balaban J connectivity index is 2.06. The molecule has 5 heteroatoms. The normalized spacial score (nSPS) is 10.6. The second-order valence-electron chi connectivity index (χ2n) is 5.16. The van der Waals surface area contributed by atoms with Gasteiger partial charge in [-0.15, -0.1) is 0 Å². The molecule has 0 aliphatic carbocycles. The molecular formula is C17H16N4O. The van der Waals surface area contributed by atoms with Crippen LogP contribution in [0, 0.1) is 6.92 Å². The highest BCUT2D eigenvalue weighted by Crippen LogP contribution is 2.23. The van der Waals surface area contributed by atoms with E-state index in [1.165, 1.54) is 0 Å². The number of carbonyl (C=O) groups is 1. The number of carbonyl (C=O) groups excluding carboxylic acids is 1. The molecule has 1 N–H and O–H groups in total. The summed E-state index contributed by atoms with van der Waals surface area (Å²) in [5, 5.41) is 8.22. The minimum Gasteiger partial charge on any atom is -0.321 e. The number of hydrogen-bond acceptors (Lipinski definition) is 3. The lowest BCUT2D eigenvalue weighted by molar-refractivity contribution is -0.112. The molecule has 2 aromatic heterocycles. The van der Waals surface area contributed by atoms with E-state index in [-0.39, 0.29) is 5.91 Å². The van der Waals surface area contributed by atoms with E-state index >= 15 is 0 Å². The zero-order valence-electron chi connectivity index (χ0n) is 12.5. The van der Waals surface area contributed by atoms with Crippen LogP contribution >= 0.6 is 0 Å². The van der Waals surface area contributed by atoms with Crippen LogP contribution in [0.1, 0.15) is 12.6 Å². The molecule has 0 saturated heterocycles. The number of nitrogens with one attached hydrogen (secondary N) is 1. The van der Waals surface area contributed by atoms with Gasteiger partial charge in [-0.1, -0.05) is 24.8 Å². The molecule has 1 amide bonds. The average Bonchev–Trinajstić information content (AvgIpc) is 2.85. The zero-order chi connectivity index (χ0) is 15.7. The first-order valence-corrected chi connectivity index (χ1v) is 6.94. The van der Waals surface area contributed by atoms with Crippen LogP contribution in [0.25, 0.3) is 16.7 Å². The molecule has 0 aliphatic rings. The number of aromatic nitrogens is 3. The third-order valence-corrected chi connectivity index (χ3v) is 3.35. The summed E-state index contributed by atoms with van der Waals surface area (Å²) in [4.78, 5) is 16.1. The Kier molecular flexibility index (Phi) is 3.47.